The van der Waals surface area contributed by atoms with Crippen LogP contribution in [0.1, 0.15) is 20.9 Å². The van der Waals surface area contributed by atoms with Gasteiger partial charge in [-0.05, 0) is 43.3 Å². The molecule has 0 saturated carbocycles. The van der Waals surface area contributed by atoms with Crippen molar-refractivity contribution >= 4 is 22.2 Å². The quantitative estimate of drug-likeness (QED) is 0.504. The van der Waals surface area contributed by atoms with Crippen molar-refractivity contribution in [2.45, 2.75) is 13.3 Å². The molecule has 0 bridgehead atoms. The highest BCUT2D eigenvalue weighted by atomic mass is 32.1. The Kier molecular flexibility index (Phi) is 5.45. The van der Waals surface area contributed by atoms with Crippen molar-refractivity contribution in [3.8, 4) is 17.1 Å². The molecular weight excluding hydrogens is 410 g/mol. The van der Waals surface area contributed by atoms with Crippen LogP contribution in [0.5, 0.6) is 5.75 Å². The Morgan fingerprint density at radius 1 is 1.17 bits per heavy atom. The first-order valence-corrected chi connectivity index (χ1v) is 10.0. The minimum absolute atomic E-state index is 0.239. The number of thiazole rings is 1. The van der Waals surface area contributed by atoms with E-state index in [1.54, 1.807) is 11.6 Å². The number of carbonyl (C=O) groups excluding carboxylic acids is 1. The van der Waals surface area contributed by atoms with Gasteiger partial charge in [0, 0.05) is 23.4 Å². The van der Waals surface area contributed by atoms with Crippen LogP contribution in [0.25, 0.3) is 16.3 Å². The van der Waals surface area contributed by atoms with Gasteiger partial charge in [0.25, 0.3) is 5.91 Å². The van der Waals surface area contributed by atoms with Gasteiger partial charge in [-0.25, -0.2) is 13.3 Å². The van der Waals surface area contributed by atoms with Crippen LogP contribution in [0.15, 0.2) is 42.5 Å². The molecule has 30 heavy (non-hydrogen) atoms. The number of ether oxygens (including phenoxy) is 1. The fourth-order valence-electron chi connectivity index (χ4n) is 3.07. The molecule has 9 heteroatoms. The standard InChI is InChI=1S/C21H18F2N4O2S/c1-12-17(10-11-24-20(28)18-15(22)4-3-5-16(18)23)30-21-25-19(26-27(12)21)13-6-8-14(29-2)9-7-13/h3-9H,10-11H2,1-2H3,(H,24,28). The molecule has 4 rings (SSSR count). The highest BCUT2D eigenvalue weighted by Crippen LogP contribution is 2.26. The lowest BCUT2D eigenvalue weighted by molar-refractivity contribution is 0.0945. The van der Waals surface area contributed by atoms with E-state index in [0.29, 0.717) is 12.2 Å². The van der Waals surface area contributed by atoms with Crippen molar-refractivity contribution in [1.29, 1.82) is 0 Å². The van der Waals surface area contributed by atoms with Crippen molar-refractivity contribution in [3.63, 3.8) is 0 Å². The van der Waals surface area contributed by atoms with Crippen LogP contribution >= 0.6 is 11.3 Å². The van der Waals surface area contributed by atoms with E-state index in [2.05, 4.69) is 15.4 Å². The molecule has 0 spiro atoms. The number of hydrogen-bond acceptors (Lipinski definition) is 5. The van der Waals surface area contributed by atoms with E-state index in [4.69, 9.17) is 4.74 Å². The third kappa shape index (κ3) is 3.76. The summed E-state index contributed by atoms with van der Waals surface area (Å²) in [6.07, 6.45) is 0.501. The molecule has 0 fully saturated rings. The third-order valence-corrected chi connectivity index (χ3v) is 5.88. The summed E-state index contributed by atoms with van der Waals surface area (Å²) in [5.41, 5.74) is 1.22. The maximum absolute atomic E-state index is 13.7. The first-order valence-electron chi connectivity index (χ1n) is 9.19. The second kappa shape index (κ2) is 8.19. The number of nitrogens with zero attached hydrogens (tertiary/aromatic N) is 3. The van der Waals surface area contributed by atoms with Crippen LogP contribution in [0.2, 0.25) is 0 Å². The average molecular weight is 428 g/mol. The van der Waals surface area contributed by atoms with E-state index in [1.807, 2.05) is 31.2 Å². The van der Waals surface area contributed by atoms with Gasteiger partial charge in [-0.1, -0.05) is 17.4 Å². The number of aromatic nitrogens is 3. The van der Waals surface area contributed by atoms with Gasteiger partial charge in [0.15, 0.2) is 5.82 Å². The minimum Gasteiger partial charge on any atom is -0.497 e. The smallest absolute Gasteiger partial charge is 0.257 e. The number of carbonyl (C=O) groups is 1. The van der Waals surface area contributed by atoms with Gasteiger partial charge in [-0.2, -0.15) is 4.98 Å². The summed E-state index contributed by atoms with van der Waals surface area (Å²) >= 11 is 1.47. The van der Waals surface area contributed by atoms with E-state index in [9.17, 15) is 13.6 Å². The number of fused-ring (bicyclic) bond motifs is 1. The molecule has 1 amide bonds. The summed E-state index contributed by atoms with van der Waals surface area (Å²) < 4.78 is 34.3. The summed E-state index contributed by atoms with van der Waals surface area (Å²) in [6, 6.07) is 10.8. The topological polar surface area (TPSA) is 68.5 Å². The first-order chi connectivity index (χ1) is 14.5. The van der Waals surface area contributed by atoms with Gasteiger partial charge < -0.3 is 10.1 Å². The number of benzene rings is 2. The molecule has 154 valence electrons. The van der Waals surface area contributed by atoms with Crippen LogP contribution in [-0.2, 0) is 6.42 Å². The first kappa shape index (κ1) is 20.0. The number of halogens is 2. The maximum atomic E-state index is 13.7. The van der Waals surface area contributed by atoms with Crippen molar-refractivity contribution in [2.75, 3.05) is 13.7 Å². The lowest BCUT2D eigenvalue weighted by atomic mass is 10.2. The molecule has 0 saturated heterocycles. The van der Waals surface area contributed by atoms with Crippen molar-refractivity contribution in [2.24, 2.45) is 0 Å². The Bertz CT molecular complexity index is 1200. The molecule has 0 aliphatic rings. The third-order valence-electron chi connectivity index (χ3n) is 4.69. The average Bonchev–Trinajstić information content (AvgIpc) is 3.27. The molecule has 2 aromatic heterocycles. The van der Waals surface area contributed by atoms with Gasteiger partial charge in [0.05, 0.1) is 12.8 Å². The lowest BCUT2D eigenvalue weighted by Crippen LogP contribution is -2.27. The Morgan fingerprint density at radius 3 is 2.50 bits per heavy atom. The molecule has 2 aromatic carbocycles. The van der Waals surface area contributed by atoms with Gasteiger partial charge in [0.1, 0.15) is 22.9 Å². The fraction of sp³-hybridized carbons (Fsp3) is 0.190. The lowest BCUT2D eigenvalue weighted by Gasteiger charge is -2.06. The number of methoxy groups -OCH3 is 1. The molecule has 0 aliphatic heterocycles. The number of aryl methyl sites for hydroxylation is 1. The summed E-state index contributed by atoms with van der Waals surface area (Å²) in [5, 5.41) is 7.13. The van der Waals surface area contributed by atoms with E-state index in [1.165, 1.54) is 17.4 Å². The number of rotatable bonds is 6. The van der Waals surface area contributed by atoms with Crippen LogP contribution in [0.4, 0.5) is 8.78 Å². The second-order valence-corrected chi connectivity index (χ2v) is 7.63. The summed E-state index contributed by atoms with van der Waals surface area (Å²) in [7, 11) is 1.61. The molecule has 0 atom stereocenters. The fourth-order valence-corrected chi connectivity index (χ4v) is 4.13. The van der Waals surface area contributed by atoms with Crippen molar-refractivity contribution in [3.05, 3.63) is 70.2 Å². The zero-order chi connectivity index (χ0) is 21.3. The van der Waals surface area contributed by atoms with E-state index >= 15 is 0 Å². The van der Waals surface area contributed by atoms with Crippen molar-refractivity contribution in [1.82, 2.24) is 19.9 Å². The van der Waals surface area contributed by atoms with Crippen LogP contribution < -0.4 is 10.1 Å². The van der Waals surface area contributed by atoms with Gasteiger partial charge in [0.2, 0.25) is 4.96 Å². The van der Waals surface area contributed by atoms with Gasteiger partial charge in [-0.15, -0.1) is 5.10 Å². The monoisotopic (exact) mass is 428 g/mol. The molecule has 1 N–H and O–H groups in total. The summed E-state index contributed by atoms with van der Waals surface area (Å²) in [5.74, 6) is -1.16. The van der Waals surface area contributed by atoms with Crippen LogP contribution in [0, 0.1) is 18.6 Å². The number of nitrogens with one attached hydrogen (secondary N) is 1. The normalized spacial score (nSPS) is 11.1. The van der Waals surface area contributed by atoms with Crippen molar-refractivity contribution < 1.29 is 18.3 Å². The van der Waals surface area contributed by atoms with E-state index in [0.717, 1.165) is 39.0 Å². The largest absolute Gasteiger partial charge is 0.497 e. The summed E-state index contributed by atoms with van der Waals surface area (Å²) in [6.45, 7) is 2.16. The van der Waals surface area contributed by atoms with Crippen LogP contribution in [0.3, 0.4) is 0 Å². The Labute approximate surface area is 175 Å². The van der Waals surface area contributed by atoms with Crippen LogP contribution in [-0.4, -0.2) is 34.2 Å². The molecule has 0 unspecified atom stereocenters. The maximum Gasteiger partial charge on any atom is 0.257 e. The van der Waals surface area contributed by atoms with E-state index < -0.39 is 23.1 Å². The molecule has 2 heterocycles. The molecular formula is C21H18F2N4O2S. The molecule has 4 aromatic rings. The highest BCUT2D eigenvalue weighted by molar-refractivity contribution is 7.17. The minimum atomic E-state index is -0.881. The summed E-state index contributed by atoms with van der Waals surface area (Å²) in [4.78, 5) is 18.4. The SMILES string of the molecule is COc1ccc(-c2nc3sc(CCNC(=O)c4c(F)cccc4F)c(C)n3n2)cc1. The van der Waals surface area contributed by atoms with Gasteiger partial charge >= 0.3 is 0 Å². The molecule has 6 nitrogen and oxygen atoms in total. The number of amides is 1. The zero-order valence-electron chi connectivity index (χ0n) is 16.3. The molecule has 0 radical (unpaired) electrons. The predicted molar refractivity (Wildman–Crippen MR) is 110 cm³/mol. The Hall–Kier alpha value is -3.33. The van der Waals surface area contributed by atoms with Gasteiger partial charge in [-0.3, -0.25) is 4.79 Å². The molecule has 0 aliphatic carbocycles. The Balaban J connectivity index is 1.45. The predicted octanol–water partition coefficient (Wildman–Crippen LogP) is 4.03. The second-order valence-electron chi connectivity index (χ2n) is 6.57. The zero-order valence-corrected chi connectivity index (χ0v) is 17.1. The highest BCUT2D eigenvalue weighted by Gasteiger charge is 2.18. The number of hydrogen-bond donors (Lipinski definition) is 1. The van der Waals surface area contributed by atoms with E-state index in [-0.39, 0.29) is 6.54 Å². The Morgan fingerprint density at radius 2 is 1.87 bits per heavy atom.